The lowest BCUT2D eigenvalue weighted by Crippen LogP contribution is -2.61. The number of hydrogen-bond acceptors (Lipinski definition) is 3. The van der Waals surface area contributed by atoms with Crippen molar-refractivity contribution in [2.45, 2.75) is 131 Å². The zero-order chi connectivity index (χ0) is 55.0. The molecule has 0 saturated carbocycles. The Morgan fingerprint density at radius 1 is 0.385 bits per heavy atom. The van der Waals surface area contributed by atoms with Crippen molar-refractivity contribution in [3.8, 4) is 33.4 Å². The first-order valence-corrected chi connectivity index (χ1v) is 28.4. The van der Waals surface area contributed by atoms with Gasteiger partial charge < -0.3 is 14.6 Å². The van der Waals surface area contributed by atoms with Crippen molar-refractivity contribution in [1.29, 1.82) is 0 Å². The molecular weight excluding hydrogens is 942 g/mol. The molecule has 0 saturated heterocycles. The number of benzene rings is 9. The van der Waals surface area contributed by atoms with E-state index >= 15 is 0 Å². The minimum atomic E-state index is -0.202. The molecule has 0 fully saturated rings. The van der Waals surface area contributed by atoms with Crippen LogP contribution in [-0.4, -0.2) is 6.85 Å². The number of fused-ring (bicyclic) bond motifs is 7. The molecule has 0 aromatic heterocycles. The van der Waals surface area contributed by atoms with Crippen LogP contribution in [0.15, 0.2) is 188 Å². The Kier molecular flexibility index (Phi) is 11.8. The van der Waals surface area contributed by atoms with E-state index in [-0.39, 0.29) is 33.9 Å². The molecule has 0 spiro atoms. The molecule has 12 rings (SSSR count). The van der Waals surface area contributed by atoms with Crippen LogP contribution >= 0.6 is 0 Å². The van der Waals surface area contributed by atoms with Crippen molar-refractivity contribution < 1.29 is 0 Å². The second kappa shape index (κ2) is 18.0. The summed E-state index contributed by atoms with van der Waals surface area (Å²) in [6.07, 6.45) is 0. The summed E-state index contributed by atoms with van der Waals surface area (Å²) in [5.74, 6) is 0. The van der Waals surface area contributed by atoms with E-state index in [1.54, 1.807) is 0 Å². The fourth-order valence-corrected chi connectivity index (χ4v) is 12.8. The normalized spacial score (nSPS) is 14.4. The van der Waals surface area contributed by atoms with Crippen LogP contribution in [0.25, 0.3) is 33.4 Å². The molecule has 0 bridgehead atoms. The maximum atomic E-state index is 2.69. The first kappa shape index (κ1) is 51.2. The number of nitrogens with zero attached hydrogens (tertiary/aromatic N) is 3. The highest BCUT2D eigenvalue weighted by molar-refractivity contribution is 6.93. The summed E-state index contributed by atoms with van der Waals surface area (Å²) in [5, 5.41) is 0. The third-order valence-electron chi connectivity index (χ3n) is 17.3. The van der Waals surface area contributed by atoms with Gasteiger partial charge in [0.2, 0.25) is 0 Å². The van der Waals surface area contributed by atoms with Gasteiger partial charge >= 0.3 is 6.85 Å². The van der Waals surface area contributed by atoms with Crippen LogP contribution in [0.4, 0.5) is 45.5 Å². The van der Waals surface area contributed by atoms with Gasteiger partial charge in [-0.05, 0) is 180 Å². The highest BCUT2D eigenvalue weighted by atomic mass is 15.2. The van der Waals surface area contributed by atoms with Gasteiger partial charge in [0.1, 0.15) is 0 Å². The standard InChI is InChI=1S/C74H76BN3/c1-47-41-61-60-44-56(76(53-32-25-49(26-33-53)70(2,3)4)54-34-27-50(28-35-54)71(5,6)7)38-40-66(60)78(55-36-29-51(30-37-55)72(8,9)10)75-64-46-63-59(57-23-19-20-24-62(57)74(63,14)15)45-67(64)77(68(42-47)69(61)75)65-39-31-52(73(11,12)13)43-58(65)48-21-17-16-18-22-48/h16-46H,1-15H3. The molecule has 0 N–H and O–H groups in total. The van der Waals surface area contributed by atoms with Gasteiger partial charge in [-0.15, -0.1) is 0 Å². The summed E-state index contributed by atoms with van der Waals surface area (Å²) >= 11 is 0. The van der Waals surface area contributed by atoms with Crippen LogP contribution in [0.3, 0.4) is 0 Å². The van der Waals surface area contributed by atoms with Crippen LogP contribution in [0.1, 0.15) is 136 Å². The predicted octanol–water partition coefficient (Wildman–Crippen LogP) is 19.3. The maximum Gasteiger partial charge on any atom is 0.333 e. The van der Waals surface area contributed by atoms with Gasteiger partial charge in [0.05, 0.1) is 5.69 Å². The largest absolute Gasteiger partial charge is 0.376 e. The van der Waals surface area contributed by atoms with Crippen LogP contribution in [-0.2, 0) is 27.1 Å². The maximum absolute atomic E-state index is 2.69. The minimum absolute atomic E-state index is 0.00222. The molecule has 1 aliphatic carbocycles. The minimum Gasteiger partial charge on any atom is -0.376 e. The number of aryl methyl sites for hydroxylation is 1. The Bertz CT molecular complexity index is 3740. The van der Waals surface area contributed by atoms with Crippen molar-refractivity contribution >= 4 is 63.3 Å². The van der Waals surface area contributed by atoms with Crippen molar-refractivity contribution in [3.05, 3.63) is 227 Å². The van der Waals surface area contributed by atoms with E-state index in [0.717, 1.165) is 17.1 Å². The van der Waals surface area contributed by atoms with Gasteiger partial charge in [-0.25, -0.2) is 0 Å². The zero-order valence-electron chi connectivity index (χ0n) is 48.8. The zero-order valence-corrected chi connectivity index (χ0v) is 48.8. The molecule has 2 aliphatic heterocycles. The monoisotopic (exact) mass is 1020 g/mol. The van der Waals surface area contributed by atoms with Gasteiger partial charge in [-0.2, -0.15) is 0 Å². The molecule has 9 aromatic rings. The molecule has 2 heterocycles. The van der Waals surface area contributed by atoms with Crippen molar-refractivity contribution in [2.24, 2.45) is 0 Å². The first-order valence-electron chi connectivity index (χ1n) is 28.4. The number of anilines is 8. The van der Waals surface area contributed by atoms with Crippen molar-refractivity contribution in [1.82, 2.24) is 0 Å². The predicted molar refractivity (Wildman–Crippen MR) is 337 cm³/mol. The Morgan fingerprint density at radius 3 is 1.50 bits per heavy atom. The topological polar surface area (TPSA) is 9.72 Å². The van der Waals surface area contributed by atoms with E-state index in [1.807, 2.05) is 0 Å². The summed E-state index contributed by atoms with van der Waals surface area (Å²) < 4.78 is 0. The Morgan fingerprint density at radius 2 is 0.910 bits per heavy atom. The molecule has 78 heavy (non-hydrogen) atoms. The van der Waals surface area contributed by atoms with Gasteiger partial charge in [-0.3, -0.25) is 0 Å². The molecule has 0 radical (unpaired) electrons. The molecule has 3 nitrogen and oxygen atoms in total. The molecule has 3 aliphatic rings. The summed E-state index contributed by atoms with van der Waals surface area (Å²) in [4.78, 5) is 7.80. The van der Waals surface area contributed by atoms with Crippen LogP contribution in [0, 0.1) is 6.92 Å². The lowest BCUT2D eigenvalue weighted by atomic mass is 9.43. The van der Waals surface area contributed by atoms with E-state index in [1.165, 1.54) is 112 Å². The second-order valence-corrected chi connectivity index (χ2v) is 27.3. The average molecular weight is 1020 g/mol. The summed E-state index contributed by atoms with van der Waals surface area (Å²) in [7, 11) is 0. The van der Waals surface area contributed by atoms with Gasteiger partial charge in [-0.1, -0.05) is 206 Å². The van der Waals surface area contributed by atoms with E-state index in [0.29, 0.717) is 0 Å². The fourth-order valence-electron chi connectivity index (χ4n) is 12.8. The Balaban J connectivity index is 1.17. The molecule has 9 aromatic carbocycles. The lowest BCUT2D eigenvalue weighted by Gasteiger charge is -2.47. The van der Waals surface area contributed by atoms with Crippen molar-refractivity contribution in [2.75, 3.05) is 14.6 Å². The smallest absolute Gasteiger partial charge is 0.333 e. The molecule has 0 atom stereocenters. The van der Waals surface area contributed by atoms with Crippen molar-refractivity contribution in [3.63, 3.8) is 0 Å². The van der Waals surface area contributed by atoms with Crippen LogP contribution < -0.4 is 25.5 Å². The average Bonchev–Trinajstić information content (AvgIpc) is 2.66. The van der Waals surface area contributed by atoms with Crippen LogP contribution in [0.2, 0.25) is 0 Å². The van der Waals surface area contributed by atoms with Gasteiger partial charge in [0.25, 0.3) is 0 Å². The van der Waals surface area contributed by atoms with Gasteiger partial charge in [0, 0.05) is 56.4 Å². The first-order chi connectivity index (χ1) is 36.9. The summed E-state index contributed by atoms with van der Waals surface area (Å²) in [6.45, 7) is 34.7. The highest BCUT2D eigenvalue weighted by Gasteiger charge is 2.48. The molecule has 0 unspecified atom stereocenters. The Labute approximate surface area is 466 Å². The third-order valence-corrected chi connectivity index (χ3v) is 17.3. The number of hydrogen-bond donors (Lipinski definition) is 0. The Hall–Kier alpha value is -7.56. The van der Waals surface area contributed by atoms with E-state index in [9.17, 15) is 0 Å². The fraction of sp³-hybridized carbons (Fsp3) is 0.270. The molecule has 0 amide bonds. The highest BCUT2D eigenvalue weighted by Crippen LogP contribution is 2.55. The van der Waals surface area contributed by atoms with E-state index in [2.05, 4.69) is 307 Å². The van der Waals surface area contributed by atoms with Gasteiger partial charge in [0.15, 0.2) is 0 Å². The van der Waals surface area contributed by atoms with Crippen LogP contribution in [0.5, 0.6) is 0 Å². The molecular formula is C74H76BN3. The third kappa shape index (κ3) is 8.49. The summed E-state index contributed by atoms with van der Waals surface area (Å²) in [5.41, 5.74) is 28.6. The SMILES string of the molecule is Cc1cc2c3c(c1)N(c1ccc(C(C)(C)C)cc1-c1ccccc1)c1cc4c(cc1B3N(c1ccc(C(C)(C)C)cc1)c1ccc(N(c3ccc(C(C)(C)C)cc3)c3ccc(C(C)(C)C)cc3)cc1-2)C(C)(C)c1ccccc1-4. The molecule has 390 valence electrons. The lowest BCUT2D eigenvalue weighted by molar-refractivity contribution is 0.590. The number of rotatable bonds is 6. The second-order valence-electron chi connectivity index (χ2n) is 27.3. The molecule has 4 heteroatoms. The summed E-state index contributed by atoms with van der Waals surface area (Å²) in [6, 6.07) is 72.8. The van der Waals surface area contributed by atoms with E-state index in [4.69, 9.17) is 0 Å². The van der Waals surface area contributed by atoms with E-state index < -0.39 is 0 Å². The quantitative estimate of drug-likeness (QED) is 0.154.